The highest BCUT2D eigenvalue weighted by atomic mass is 16.5. The second kappa shape index (κ2) is 6.42. The fourth-order valence-corrected chi connectivity index (χ4v) is 1.65. The molecule has 108 valence electrons. The number of carbonyl (C=O) groups excluding carboxylic acids is 1. The SMILES string of the molecule is COc1cc(C#N)ccc1NC(=O)CC(C)C(C)(C)C. The quantitative estimate of drug-likeness (QED) is 0.912. The minimum atomic E-state index is -0.0459. The van der Waals surface area contributed by atoms with Gasteiger partial charge < -0.3 is 10.1 Å². The van der Waals surface area contributed by atoms with Crippen LogP contribution in [0.15, 0.2) is 18.2 Å². The fraction of sp³-hybridized carbons (Fsp3) is 0.500. The molecule has 1 amide bonds. The van der Waals surface area contributed by atoms with E-state index in [1.807, 2.05) is 6.07 Å². The summed E-state index contributed by atoms with van der Waals surface area (Å²) < 4.78 is 5.20. The van der Waals surface area contributed by atoms with Gasteiger partial charge in [-0.05, 0) is 23.5 Å². The molecule has 0 saturated carbocycles. The van der Waals surface area contributed by atoms with Crippen molar-refractivity contribution < 1.29 is 9.53 Å². The Hall–Kier alpha value is -2.02. The highest BCUT2D eigenvalue weighted by molar-refractivity contribution is 5.92. The molecule has 1 unspecified atom stereocenters. The zero-order valence-corrected chi connectivity index (χ0v) is 12.8. The normalized spacial score (nSPS) is 12.4. The molecule has 1 N–H and O–H groups in total. The summed E-state index contributed by atoms with van der Waals surface area (Å²) >= 11 is 0. The molecule has 0 heterocycles. The average molecular weight is 274 g/mol. The van der Waals surface area contributed by atoms with Crippen LogP contribution >= 0.6 is 0 Å². The molecule has 1 aromatic rings. The third-order valence-electron chi connectivity index (χ3n) is 3.57. The van der Waals surface area contributed by atoms with E-state index in [9.17, 15) is 4.79 Å². The smallest absolute Gasteiger partial charge is 0.224 e. The molecule has 0 radical (unpaired) electrons. The fourth-order valence-electron chi connectivity index (χ4n) is 1.65. The number of ether oxygens (including phenoxy) is 1. The lowest BCUT2D eigenvalue weighted by molar-refractivity contribution is -0.117. The number of methoxy groups -OCH3 is 1. The number of hydrogen-bond donors (Lipinski definition) is 1. The van der Waals surface area contributed by atoms with Crippen molar-refractivity contribution in [3.8, 4) is 11.8 Å². The molecular formula is C16H22N2O2. The maximum atomic E-state index is 12.1. The van der Waals surface area contributed by atoms with Crippen molar-refractivity contribution in [1.82, 2.24) is 0 Å². The van der Waals surface area contributed by atoms with Gasteiger partial charge in [0.25, 0.3) is 0 Å². The van der Waals surface area contributed by atoms with Gasteiger partial charge in [-0.1, -0.05) is 27.7 Å². The number of nitriles is 1. The van der Waals surface area contributed by atoms with Crippen LogP contribution in [0.5, 0.6) is 5.75 Å². The van der Waals surface area contributed by atoms with Crippen LogP contribution in [0.2, 0.25) is 0 Å². The van der Waals surface area contributed by atoms with Crippen LogP contribution in [0.3, 0.4) is 0 Å². The zero-order chi connectivity index (χ0) is 15.3. The maximum Gasteiger partial charge on any atom is 0.224 e. The summed E-state index contributed by atoms with van der Waals surface area (Å²) in [7, 11) is 1.52. The van der Waals surface area contributed by atoms with E-state index in [0.717, 1.165) is 0 Å². The number of benzene rings is 1. The van der Waals surface area contributed by atoms with Crippen molar-refractivity contribution in [1.29, 1.82) is 5.26 Å². The van der Waals surface area contributed by atoms with E-state index in [0.29, 0.717) is 23.4 Å². The van der Waals surface area contributed by atoms with Crippen LogP contribution in [0, 0.1) is 22.7 Å². The van der Waals surface area contributed by atoms with Crippen LogP contribution in [0.4, 0.5) is 5.69 Å². The van der Waals surface area contributed by atoms with Gasteiger partial charge in [0.2, 0.25) is 5.91 Å². The van der Waals surface area contributed by atoms with Gasteiger partial charge in [0.05, 0.1) is 24.4 Å². The lowest BCUT2D eigenvalue weighted by atomic mass is 9.80. The number of carbonyl (C=O) groups is 1. The molecule has 0 aliphatic rings. The minimum absolute atomic E-state index is 0.0459. The lowest BCUT2D eigenvalue weighted by Gasteiger charge is -2.26. The van der Waals surface area contributed by atoms with E-state index in [-0.39, 0.29) is 17.2 Å². The predicted octanol–water partition coefficient (Wildman–Crippen LogP) is 3.58. The Kier molecular flexibility index (Phi) is 5.15. The Morgan fingerprint density at radius 2 is 2.10 bits per heavy atom. The van der Waals surface area contributed by atoms with Crippen molar-refractivity contribution in [2.45, 2.75) is 34.1 Å². The highest BCUT2D eigenvalue weighted by Crippen LogP contribution is 2.30. The number of nitrogens with one attached hydrogen (secondary N) is 1. The summed E-state index contributed by atoms with van der Waals surface area (Å²) in [4.78, 5) is 12.1. The van der Waals surface area contributed by atoms with Crippen LogP contribution in [0.1, 0.15) is 39.7 Å². The van der Waals surface area contributed by atoms with E-state index >= 15 is 0 Å². The molecule has 0 spiro atoms. The van der Waals surface area contributed by atoms with Crippen molar-refractivity contribution in [2.24, 2.45) is 11.3 Å². The molecule has 0 aromatic heterocycles. The second-order valence-electron chi connectivity index (χ2n) is 6.05. The number of anilines is 1. The molecule has 1 aromatic carbocycles. The highest BCUT2D eigenvalue weighted by Gasteiger charge is 2.22. The van der Waals surface area contributed by atoms with Gasteiger partial charge in [-0.25, -0.2) is 0 Å². The average Bonchev–Trinajstić information content (AvgIpc) is 2.37. The predicted molar refractivity (Wildman–Crippen MR) is 79.6 cm³/mol. The summed E-state index contributed by atoms with van der Waals surface area (Å²) in [5.74, 6) is 0.725. The van der Waals surface area contributed by atoms with Gasteiger partial charge in [0.15, 0.2) is 0 Å². The van der Waals surface area contributed by atoms with E-state index < -0.39 is 0 Å². The molecule has 0 bridgehead atoms. The van der Waals surface area contributed by atoms with E-state index in [4.69, 9.17) is 10.00 Å². The van der Waals surface area contributed by atoms with E-state index in [1.165, 1.54) is 7.11 Å². The summed E-state index contributed by atoms with van der Waals surface area (Å²) in [6, 6.07) is 7.01. The molecule has 0 aliphatic carbocycles. The van der Waals surface area contributed by atoms with Crippen LogP contribution in [-0.4, -0.2) is 13.0 Å². The first-order valence-electron chi connectivity index (χ1n) is 6.66. The molecule has 0 fully saturated rings. The number of rotatable bonds is 4. The van der Waals surface area contributed by atoms with E-state index in [1.54, 1.807) is 18.2 Å². The third-order valence-corrected chi connectivity index (χ3v) is 3.57. The molecular weight excluding hydrogens is 252 g/mol. The summed E-state index contributed by atoms with van der Waals surface area (Å²) in [5, 5.41) is 11.7. The van der Waals surface area contributed by atoms with Gasteiger partial charge in [-0.3, -0.25) is 4.79 Å². The van der Waals surface area contributed by atoms with Gasteiger partial charge in [0.1, 0.15) is 5.75 Å². The number of hydrogen-bond acceptors (Lipinski definition) is 3. The van der Waals surface area contributed by atoms with Crippen LogP contribution in [-0.2, 0) is 4.79 Å². The monoisotopic (exact) mass is 274 g/mol. The largest absolute Gasteiger partial charge is 0.495 e. The molecule has 4 nitrogen and oxygen atoms in total. The topological polar surface area (TPSA) is 62.1 Å². The third kappa shape index (κ3) is 4.27. The van der Waals surface area contributed by atoms with Gasteiger partial charge in [-0.15, -0.1) is 0 Å². The standard InChI is InChI=1S/C16H22N2O2/c1-11(16(2,3)4)8-15(19)18-13-7-6-12(10-17)9-14(13)20-5/h6-7,9,11H,8H2,1-5H3,(H,18,19). The van der Waals surface area contributed by atoms with Crippen molar-refractivity contribution in [3.63, 3.8) is 0 Å². The Morgan fingerprint density at radius 1 is 1.45 bits per heavy atom. The summed E-state index contributed by atoms with van der Waals surface area (Å²) in [5.41, 5.74) is 1.19. The lowest BCUT2D eigenvalue weighted by Crippen LogP contribution is -2.24. The second-order valence-corrected chi connectivity index (χ2v) is 6.05. The van der Waals surface area contributed by atoms with Gasteiger partial charge in [0, 0.05) is 12.5 Å². The zero-order valence-electron chi connectivity index (χ0n) is 12.8. The van der Waals surface area contributed by atoms with Crippen LogP contribution in [0.25, 0.3) is 0 Å². The maximum absolute atomic E-state index is 12.1. The molecule has 1 atom stereocenters. The molecule has 20 heavy (non-hydrogen) atoms. The number of nitrogens with zero attached hydrogens (tertiary/aromatic N) is 1. The Labute approximate surface area is 120 Å². The molecule has 0 saturated heterocycles. The van der Waals surface area contributed by atoms with E-state index in [2.05, 4.69) is 33.0 Å². The van der Waals surface area contributed by atoms with Crippen molar-refractivity contribution in [2.75, 3.05) is 12.4 Å². The first kappa shape index (κ1) is 16.0. The number of amides is 1. The molecule has 4 heteroatoms. The minimum Gasteiger partial charge on any atom is -0.495 e. The van der Waals surface area contributed by atoms with Gasteiger partial charge in [-0.2, -0.15) is 5.26 Å². The van der Waals surface area contributed by atoms with Gasteiger partial charge >= 0.3 is 0 Å². The molecule has 1 rings (SSSR count). The van der Waals surface area contributed by atoms with Crippen LogP contribution < -0.4 is 10.1 Å². The first-order chi connectivity index (χ1) is 9.27. The Bertz CT molecular complexity index is 524. The Morgan fingerprint density at radius 3 is 2.60 bits per heavy atom. The van der Waals surface area contributed by atoms with Crippen molar-refractivity contribution >= 4 is 11.6 Å². The summed E-state index contributed by atoms with van der Waals surface area (Å²) in [6.45, 7) is 8.42. The Balaban J connectivity index is 2.79. The van der Waals surface area contributed by atoms with Crippen molar-refractivity contribution in [3.05, 3.63) is 23.8 Å². The molecule has 0 aliphatic heterocycles. The first-order valence-corrected chi connectivity index (χ1v) is 6.66. The summed E-state index contributed by atoms with van der Waals surface area (Å²) in [6.07, 6.45) is 0.451.